The number of carbonyl (C=O) groups excluding carboxylic acids is 2. The number of hydrogen-bond acceptors (Lipinski definition) is 5. The average molecular weight is 466 g/mol. The summed E-state index contributed by atoms with van der Waals surface area (Å²) in [6.07, 6.45) is 0.0255. The van der Waals surface area contributed by atoms with E-state index in [1.165, 1.54) is 11.8 Å². The van der Waals surface area contributed by atoms with Gasteiger partial charge in [-0.1, -0.05) is 41.0 Å². The van der Waals surface area contributed by atoms with Gasteiger partial charge >= 0.3 is 0 Å². The molecule has 0 aromatic heterocycles. The normalized spacial score (nSPS) is 17.5. The van der Waals surface area contributed by atoms with E-state index in [4.69, 9.17) is 27.9 Å². The molecule has 1 aliphatic rings. The second-order valence-electron chi connectivity index (χ2n) is 6.56. The van der Waals surface area contributed by atoms with Gasteiger partial charge in [-0.05, 0) is 49.7 Å². The van der Waals surface area contributed by atoms with Crippen molar-refractivity contribution >= 4 is 63.3 Å². The van der Waals surface area contributed by atoms with E-state index in [-0.39, 0.29) is 18.2 Å². The van der Waals surface area contributed by atoms with E-state index in [1.807, 2.05) is 13.8 Å². The first kappa shape index (κ1) is 22.5. The standard InChI is InChI=1S/C21H21Cl2N3O3S/c1-4-26-20(28)18(11-19(27)24-15-7-5-6-14(23)12(15)2)30-21(26)25-16-10-13(22)8-9-17(16)29-3/h5-10,18H,4,11H2,1-3H3,(H,24,27)/t18-/m0/s1. The van der Waals surface area contributed by atoms with Crippen LogP contribution < -0.4 is 10.1 Å². The van der Waals surface area contributed by atoms with Crippen molar-refractivity contribution in [2.45, 2.75) is 25.5 Å². The molecule has 0 spiro atoms. The summed E-state index contributed by atoms with van der Waals surface area (Å²) in [6.45, 7) is 4.13. The Balaban J connectivity index is 1.78. The number of hydrogen-bond donors (Lipinski definition) is 1. The van der Waals surface area contributed by atoms with Crippen LogP contribution in [-0.2, 0) is 9.59 Å². The van der Waals surface area contributed by atoms with E-state index in [0.717, 1.165) is 5.56 Å². The Hall–Kier alpha value is -2.22. The number of halogens is 2. The zero-order valence-corrected chi connectivity index (χ0v) is 19.1. The number of carbonyl (C=O) groups is 2. The maximum atomic E-state index is 12.8. The van der Waals surface area contributed by atoms with E-state index >= 15 is 0 Å². The van der Waals surface area contributed by atoms with E-state index in [9.17, 15) is 9.59 Å². The lowest BCUT2D eigenvalue weighted by Gasteiger charge is -2.14. The largest absolute Gasteiger partial charge is 0.494 e. The van der Waals surface area contributed by atoms with Crippen LogP contribution in [0.15, 0.2) is 41.4 Å². The summed E-state index contributed by atoms with van der Waals surface area (Å²) in [7, 11) is 1.54. The molecule has 0 saturated carbocycles. The van der Waals surface area contributed by atoms with Gasteiger partial charge in [-0.3, -0.25) is 14.5 Å². The molecule has 1 fully saturated rings. The van der Waals surface area contributed by atoms with Crippen molar-refractivity contribution in [3.05, 3.63) is 52.0 Å². The molecule has 2 aromatic rings. The van der Waals surface area contributed by atoms with Crippen LogP contribution in [-0.4, -0.2) is 40.8 Å². The van der Waals surface area contributed by atoms with Crippen molar-refractivity contribution in [1.82, 2.24) is 4.90 Å². The number of amides is 2. The van der Waals surface area contributed by atoms with Crippen LogP contribution in [0.25, 0.3) is 0 Å². The van der Waals surface area contributed by atoms with Crippen LogP contribution in [0.3, 0.4) is 0 Å². The molecule has 30 heavy (non-hydrogen) atoms. The third-order valence-corrected chi connectivity index (χ3v) is 6.43. The molecule has 9 heteroatoms. The Morgan fingerprint density at radius 2 is 2.07 bits per heavy atom. The maximum Gasteiger partial charge on any atom is 0.242 e. The van der Waals surface area contributed by atoms with Crippen molar-refractivity contribution in [2.75, 3.05) is 19.0 Å². The van der Waals surface area contributed by atoms with Gasteiger partial charge in [0.1, 0.15) is 16.7 Å². The van der Waals surface area contributed by atoms with Crippen LogP contribution in [0, 0.1) is 6.92 Å². The van der Waals surface area contributed by atoms with Crippen molar-refractivity contribution < 1.29 is 14.3 Å². The summed E-state index contributed by atoms with van der Waals surface area (Å²) in [5, 5.41) is 3.87. The van der Waals surface area contributed by atoms with Crippen molar-refractivity contribution in [2.24, 2.45) is 4.99 Å². The minimum Gasteiger partial charge on any atom is -0.494 e. The first-order valence-corrected chi connectivity index (χ1v) is 10.9. The van der Waals surface area contributed by atoms with Crippen LogP contribution in [0.2, 0.25) is 10.0 Å². The molecule has 1 N–H and O–H groups in total. The molecular formula is C21H21Cl2N3O3S. The SMILES string of the molecule is CCN1C(=O)[C@H](CC(=O)Nc2cccc(Cl)c2C)SC1=Nc1cc(Cl)ccc1OC. The van der Waals surface area contributed by atoms with E-state index in [2.05, 4.69) is 10.3 Å². The quantitative estimate of drug-likeness (QED) is 0.628. The predicted octanol–water partition coefficient (Wildman–Crippen LogP) is 5.29. The topological polar surface area (TPSA) is 71.0 Å². The fourth-order valence-corrected chi connectivity index (χ4v) is 4.54. The molecule has 6 nitrogen and oxygen atoms in total. The lowest BCUT2D eigenvalue weighted by Crippen LogP contribution is -2.33. The number of methoxy groups -OCH3 is 1. The number of anilines is 1. The third kappa shape index (κ3) is 4.91. The second-order valence-corrected chi connectivity index (χ2v) is 8.58. The molecule has 1 heterocycles. The Kier molecular flexibility index (Phi) is 7.28. The van der Waals surface area contributed by atoms with Crippen LogP contribution >= 0.6 is 35.0 Å². The van der Waals surface area contributed by atoms with Crippen molar-refractivity contribution in [3.63, 3.8) is 0 Å². The molecule has 1 atom stereocenters. The fourth-order valence-electron chi connectivity index (χ4n) is 2.98. The molecule has 1 saturated heterocycles. The number of amidine groups is 1. The van der Waals surface area contributed by atoms with Gasteiger partial charge in [-0.25, -0.2) is 4.99 Å². The van der Waals surface area contributed by atoms with Crippen molar-refractivity contribution in [1.29, 1.82) is 0 Å². The van der Waals surface area contributed by atoms with Gasteiger partial charge in [0.05, 0.1) is 7.11 Å². The zero-order valence-electron chi connectivity index (χ0n) is 16.7. The van der Waals surface area contributed by atoms with Gasteiger partial charge < -0.3 is 10.1 Å². The molecule has 2 amide bonds. The highest BCUT2D eigenvalue weighted by atomic mass is 35.5. The molecule has 1 aliphatic heterocycles. The summed E-state index contributed by atoms with van der Waals surface area (Å²) >= 11 is 13.4. The summed E-state index contributed by atoms with van der Waals surface area (Å²) < 4.78 is 5.33. The predicted molar refractivity (Wildman–Crippen MR) is 123 cm³/mol. The molecule has 158 valence electrons. The summed E-state index contributed by atoms with van der Waals surface area (Å²) in [5.74, 6) is 0.137. The third-order valence-electron chi connectivity index (χ3n) is 4.61. The van der Waals surface area contributed by atoms with Gasteiger partial charge in [0, 0.05) is 28.7 Å². The minimum absolute atomic E-state index is 0.0255. The number of nitrogens with zero attached hydrogens (tertiary/aromatic N) is 2. The van der Waals surface area contributed by atoms with E-state index in [0.29, 0.717) is 38.9 Å². The lowest BCUT2D eigenvalue weighted by atomic mass is 10.2. The molecule has 2 aromatic carbocycles. The fraction of sp³-hybridized carbons (Fsp3) is 0.286. The van der Waals surface area contributed by atoms with Gasteiger partial charge in [-0.15, -0.1) is 0 Å². The first-order valence-electron chi connectivity index (χ1n) is 9.29. The van der Waals surface area contributed by atoms with E-state index in [1.54, 1.807) is 48.4 Å². The van der Waals surface area contributed by atoms with Gasteiger partial charge in [0.25, 0.3) is 0 Å². The number of nitrogens with one attached hydrogen (secondary N) is 1. The van der Waals surface area contributed by atoms with Crippen LogP contribution in [0.4, 0.5) is 11.4 Å². The van der Waals surface area contributed by atoms with Gasteiger partial charge in [0.2, 0.25) is 11.8 Å². The Bertz CT molecular complexity index is 1010. The Morgan fingerprint density at radius 1 is 1.30 bits per heavy atom. The number of rotatable bonds is 6. The molecule has 0 radical (unpaired) electrons. The average Bonchev–Trinajstić information content (AvgIpc) is 2.99. The monoisotopic (exact) mass is 465 g/mol. The zero-order chi connectivity index (χ0) is 21.8. The summed E-state index contributed by atoms with van der Waals surface area (Å²) in [6, 6.07) is 10.4. The highest BCUT2D eigenvalue weighted by Gasteiger charge is 2.38. The van der Waals surface area contributed by atoms with Crippen molar-refractivity contribution in [3.8, 4) is 5.75 Å². The number of benzene rings is 2. The smallest absolute Gasteiger partial charge is 0.242 e. The minimum atomic E-state index is -0.562. The van der Waals surface area contributed by atoms with Gasteiger partial charge in [0.15, 0.2) is 5.17 Å². The number of ether oxygens (including phenoxy) is 1. The molecule has 0 bridgehead atoms. The first-order chi connectivity index (χ1) is 14.3. The van der Waals surface area contributed by atoms with Crippen LogP contribution in [0.1, 0.15) is 18.9 Å². The number of thioether (sulfide) groups is 1. The summed E-state index contributed by atoms with van der Waals surface area (Å²) in [5.41, 5.74) is 1.94. The summed E-state index contributed by atoms with van der Waals surface area (Å²) in [4.78, 5) is 31.5. The Labute approximate surface area is 189 Å². The molecule has 0 unspecified atom stereocenters. The molecular weight excluding hydrogens is 445 g/mol. The highest BCUT2D eigenvalue weighted by Crippen LogP contribution is 2.36. The maximum absolute atomic E-state index is 12.8. The molecule has 3 rings (SSSR count). The lowest BCUT2D eigenvalue weighted by molar-refractivity contribution is -0.128. The second kappa shape index (κ2) is 9.73. The Morgan fingerprint density at radius 3 is 2.77 bits per heavy atom. The van der Waals surface area contributed by atoms with Crippen LogP contribution in [0.5, 0.6) is 5.75 Å². The number of aliphatic imine (C=N–C) groups is 1. The van der Waals surface area contributed by atoms with Gasteiger partial charge in [-0.2, -0.15) is 0 Å². The van der Waals surface area contributed by atoms with E-state index < -0.39 is 5.25 Å². The highest BCUT2D eigenvalue weighted by molar-refractivity contribution is 8.15. The molecule has 0 aliphatic carbocycles.